The van der Waals surface area contributed by atoms with Gasteiger partial charge in [-0.05, 0) is 18.7 Å². The topological polar surface area (TPSA) is 20.2 Å². The number of aryl methyl sites for hydroxylation is 1. The van der Waals surface area contributed by atoms with Crippen molar-refractivity contribution in [2.45, 2.75) is 26.8 Å². The summed E-state index contributed by atoms with van der Waals surface area (Å²) >= 11 is 0. The molecule has 0 radical (unpaired) electrons. The zero-order valence-electron chi connectivity index (χ0n) is 12.5. The van der Waals surface area contributed by atoms with Crippen LogP contribution in [-0.4, -0.2) is 29.7 Å². The number of nitrogens with one attached hydrogen (secondary N) is 1. The van der Waals surface area contributed by atoms with Crippen molar-refractivity contribution in [3.8, 4) is 0 Å². The first-order valence-electron chi connectivity index (χ1n) is 7.23. The molecule has 2 heterocycles. The summed E-state index contributed by atoms with van der Waals surface area (Å²) in [5.41, 5.74) is 4.40. The fourth-order valence-corrected chi connectivity index (χ4v) is 2.94. The Morgan fingerprint density at radius 2 is 1.95 bits per heavy atom. The van der Waals surface area contributed by atoms with Crippen LogP contribution in [0, 0.1) is 0 Å². The Morgan fingerprint density at radius 3 is 2.68 bits per heavy atom. The van der Waals surface area contributed by atoms with E-state index in [-0.39, 0.29) is 0 Å². The summed E-state index contributed by atoms with van der Waals surface area (Å²) in [5, 5.41) is 4.66. The van der Waals surface area contributed by atoms with Crippen molar-refractivity contribution in [1.82, 2.24) is 14.8 Å². The second-order valence-corrected chi connectivity index (χ2v) is 4.82. The van der Waals surface area contributed by atoms with Crippen LogP contribution in [0.2, 0.25) is 0 Å². The van der Waals surface area contributed by atoms with E-state index in [0.717, 1.165) is 26.2 Å². The SMILES string of the molecule is CC.CNCN1CCc2c(c3ccccc3n2C)C1. The monoisotopic (exact) mass is 259 g/mol. The van der Waals surface area contributed by atoms with E-state index in [1.54, 1.807) is 0 Å². The molecule has 19 heavy (non-hydrogen) atoms. The van der Waals surface area contributed by atoms with Gasteiger partial charge in [0.25, 0.3) is 0 Å². The Balaban J connectivity index is 0.000000637. The quantitative estimate of drug-likeness (QED) is 0.895. The highest BCUT2D eigenvalue weighted by Crippen LogP contribution is 2.29. The molecule has 3 nitrogen and oxygen atoms in total. The largest absolute Gasteiger partial charge is 0.347 e. The van der Waals surface area contributed by atoms with E-state index in [1.807, 2.05) is 20.9 Å². The van der Waals surface area contributed by atoms with E-state index in [9.17, 15) is 0 Å². The number of para-hydroxylation sites is 1. The van der Waals surface area contributed by atoms with Crippen molar-refractivity contribution in [2.24, 2.45) is 7.05 Å². The maximum absolute atomic E-state index is 3.24. The van der Waals surface area contributed by atoms with E-state index in [4.69, 9.17) is 0 Å². The molecule has 0 amide bonds. The van der Waals surface area contributed by atoms with Crippen molar-refractivity contribution in [1.29, 1.82) is 0 Å². The lowest BCUT2D eigenvalue weighted by molar-refractivity contribution is 0.240. The summed E-state index contributed by atoms with van der Waals surface area (Å²) in [7, 11) is 4.20. The number of hydrogen-bond donors (Lipinski definition) is 1. The molecule has 0 saturated carbocycles. The lowest BCUT2D eigenvalue weighted by Gasteiger charge is -2.27. The normalized spacial score (nSPS) is 14.9. The van der Waals surface area contributed by atoms with Crippen LogP contribution in [0.5, 0.6) is 0 Å². The van der Waals surface area contributed by atoms with Gasteiger partial charge in [-0.25, -0.2) is 0 Å². The Kier molecular flexibility index (Phi) is 4.61. The average Bonchev–Trinajstić information content (AvgIpc) is 2.75. The van der Waals surface area contributed by atoms with Crippen molar-refractivity contribution in [3.63, 3.8) is 0 Å². The molecule has 0 bridgehead atoms. The maximum Gasteiger partial charge on any atom is 0.0483 e. The molecule has 1 N–H and O–H groups in total. The van der Waals surface area contributed by atoms with E-state index in [2.05, 4.69) is 46.1 Å². The third-order valence-electron chi connectivity index (χ3n) is 3.77. The third kappa shape index (κ3) is 2.53. The lowest BCUT2D eigenvalue weighted by Crippen LogP contribution is -2.36. The van der Waals surface area contributed by atoms with E-state index in [1.165, 1.54) is 22.2 Å². The molecule has 2 aromatic rings. The molecule has 1 aliphatic rings. The van der Waals surface area contributed by atoms with Crippen molar-refractivity contribution < 1.29 is 0 Å². The Hall–Kier alpha value is -1.32. The van der Waals surface area contributed by atoms with Crippen LogP contribution < -0.4 is 5.32 Å². The van der Waals surface area contributed by atoms with Crippen LogP contribution in [0.25, 0.3) is 10.9 Å². The standard InChI is InChI=1S/C14H19N3.C2H6/c1-15-10-17-8-7-14-12(9-17)11-5-3-4-6-13(11)16(14)2;1-2/h3-6,15H,7-10H2,1-2H3;1-2H3. The van der Waals surface area contributed by atoms with Crippen LogP contribution in [0.3, 0.4) is 0 Å². The van der Waals surface area contributed by atoms with Gasteiger partial charge in [0.2, 0.25) is 0 Å². The Bertz CT molecular complexity index is 542. The fourth-order valence-electron chi connectivity index (χ4n) is 2.94. The molecule has 104 valence electrons. The molecular formula is C16H25N3. The minimum atomic E-state index is 0.975. The lowest BCUT2D eigenvalue weighted by atomic mass is 10.1. The first-order valence-corrected chi connectivity index (χ1v) is 7.23. The molecule has 0 unspecified atom stereocenters. The summed E-state index contributed by atoms with van der Waals surface area (Å²) in [6.07, 6.45) is 1.15. The number of nitrogens with zero attached hydrogens (tertiary/aromatic N) is 2. The van der Waals surface area contributed by atoms with Gasteiger partial charge in [0.05, 0.1) is 0 Å². The van der Waals surface area contributed by atoms with Gasteiger partial charge in [0.1, 0.15) is 0 Å². The van der Waals surface area contributed by atoms with E-state index >= 15 is 0 Å². The molecule has 3 rings (SSSR count). The number of benzene rings is 1. The Morgan fingerprint density at radius 1 is 1.21 bits per heavy atom. The highest BCUT2D eigenvalue weighted by atomic mass is 15.2. The molecular weight excluding hydrogens is 234 g/mol. The predicted octanol–water partition coefficient (Wildman–Crippen LogP) is 2.74. The third-order valence-corrected chi connectivity index (χ3v) is 3.77. The first-order chi connectivity index (χ1) is 9.31. The Labute approximate surface area is 116 Å². The van der Waals surface area contributed by atoms with Crippen LogP contribution in [0.1, 0.15) is 25.1 Å². The zero-order chi connectivity index (χ0) is 13.8. The van der Waals surface area contributed by atoms with Crippen LogP contribution in [-0.2, 0) is 20.0 Å². The summed E-state index contributed by atoms with van der Waals surface area (Å²) < 4.78 is 2.36. The number of hydrogen-bond acceptors (Lipinski definition) is 2. The maximum atomic E-state index is 3.24. The first kappa shape index (κ1) is 14.1. The number of fused-ring (bicyclic) bond motifs is 3. The van der Waals surface area contributed by atoms with Crippen molar-refractivity contribution in [2.75, 3.05) is 20.3 Å². The van der Waals surface area contributed by atoms with Crippen LogP contribution >= 0.6 is 0 Å². The smallest absolute Gasteiger partial charge is 0.0483 e. The summed E-state index contributed by atoms with van der Waals surface area (Å²) in [6.45, 7) is 7.19. The zero-order valence-corrected chi connectivity index (χ0v) is 12.5. The van der Waals surface area contributed by atoms with Gasteiger partial charge < -0.3 is 9.88 Å². The molecule has 0 aliphatic carbocycles. The molecule has 1 aromatic heterocycles. The highest BCUT2D eigenvalue weighted by Gasteiger charge is 2.21. The highest BCUT2D eigenvalue weighted by molar-refractivity contribution is 5.85. The van der Waals surface area contributed by atoms with Gasteiger partial charge >= 0.3 is 0 Å². The molecule has 0 spiro atoms. The van der Waals surface area contributed by atoms with Gasteiger partial charge in [-0.3, -0.25) is 4.90 Å². The molecule has 0 saturated heterocycles. The average molecular weight is 259 g/mol. The van der Waals surface area contributed by atoms with E-state index < -0.39 is 0 Å². The number of aromatic nitrogens is 1. The van der Waals surface area contributed by atoms with Crippen molar-refractivity contribution >= 4 is 10.9 Å². The minimum absolute atomic E-state index is 0.975. The van der Waals surface area contributed by atoms with Gasteiger partial charge in [-0.15, -0.1) is 0 Å². The summed E-state index contributed by atoms with van der Waals surface area (Å²) in [5.74, 6) is 0. The molecule has 1 aliphatic heterocycles. The molecule has 0 atom stereocenters. The predicted molar refractivity (Wildman–Crippen MR) is 82.3 cm³/mol. The van der Waals surface area contributed by atoms with Gasteiger partial charge in [-0.1, -0.05) is 32.0 Å². The van der Waals surface area contributed by atoms with Crippen LogP contribution in [0.15, 0.2) is 24.3 Å². The fraction of sp³-hybridized carbons (Fsp3) is 0.500. The summed E-state index contributed by atoms with van der Waals surface area (Å²) in [4.78, 5) is 2.47. The molecule has 1 aromatic carbocycles. The second kappa shape index (κ2) is 6.22. The van der Waals surface area contributed by atoms with E-state index in [0.29, 0.717) is 0 Å². The summed E-state index contributed by atoms with van der Waals surface area (Å²) in [6, 6.07) is 8.73. The second-order valence-electron chi connectivity index (χ2n) is 4.82. The van der Waals surface area contributed by atoms with Gasteiger partial charge in [0.15, 0.2) is 0 Å². The molecule has 3 heteroatoms. The van der Waals surface area contributed by atoms with Gasteiger partial charge in [-0.2, -0.15) is 0 Å². The van der Waals surface area contributed by atoms with Gasteiger partial charge in [0, 0.05) is 49.8 Å². The van der Waals surface area contributed by atoms with Crippen molar-refractivity contribution in [3.05, 3.63) is 35.5 Å². The minimum Gasteiger partial charge on any atom is -0.347 e. The van der Waals surface area contributed by atoms with Crippen LogP contribution in [0.4, 0.5) is 0 Å². The molecule has 0 fully saturated rings. The number of rotatable bonds is 2.